The number of fused-ring (bicyclic) bond motifs is 2. The Balaban J connectivity index is 1.07. The fourth-order valence-electron chi connectivity index (χ4n) is 12.3. The Kier molecular flexibility index (Phi) is 11.5. The minimum Gasteiger partial charge on any atom is -0.309 e. The van der Waals surface area contributed by atoms with Crippen LogP contribution in [0.3, 0.4) is 0 Å². The summed E-state index contributed by atoms with van der Waals surface area (Å²) in [6.07, 6.45) is 0. The molecule has 14 aromatic carbocycles. The van der Waals surface area contributed by atoms with Crippen molar-refractivity contribution in [2.75, 3.05) is 9.80 Å². The molecule has 0 N–H and O–H groups in total. The Morgan fingerprint density at radius 3 is 0.885 bits per heavy atom. The van der Waals surface area contributed by atoms with Crippen LogP contribution in [0.25, 0.3) is 98.4 Å². The summed E-state index contributed by atoms with van der Waals surface area (Å²) in [6.45, 7) is 8.95. The highest BCUT2D eigenvalue weighted by atomic mass is 15.2. The lowest BCUT2D eigenvalue weighted by atomic mass is 9.90. The van der Waals surface area contributed by atoms with Gasteiger partial charge in [0.1, 0.15) is 0 Å². The van der Waals surface area contributed by atoms with E-state index >= 15 is 0 Å². The highest BCUT2D eigenvalue weighted by Gasteiger charge is 2.26. The summed E-state index contributed by atoms with van der Waals surface area (Å²) in [5, 5.41) is 12.2. The molecule has 14 rings (SSSR count). The van der Waals surface area contributed by atoms with E-state index in [2.05, 4.69) is 304 Å². The van der Waals surface area contributed by atoms with E-state index in [1.807, 2.05) is 0 Å². The second-order valence-corrected chi connectivity index (χ2v) is 21.2. The Morgan fingerprint density at radius 2 is 0.538 bits per heavy atom. The average Bonchev–Trinajstić information content (AvgIpc) is 3.65. The van der Waals surface area contributed by atoms with Crippen LogP contribution in [0.1, 0.15) is 22.3 Å². The summed E-state index contributed by atoms with van der Waals surface area (Å²) in [6, 6.07) is 99.4. The van der Waals surface area contributed by atoms with Crippen LogP contribution < -0.4 is 9.80 Å². The number of nitrogens with zero attached hydrogens (tertiary/aromatic N) is 2. The van der Waals surface area contributed by atoms with Crippen LogP contribution in [0.5, 0.6) is 0 Å². The fraction of sp³-hybridized carbons (Fsp3) is 0.0526. The molecular weight excluding hydrogens is 941 g/mol. The van der Waals surface area contributed by atoms with Crippen LogP contribution in [0.15, 0.2) is 267 Å². The smallest absolute Gasteiger partial charge is 0.0569 e. The van der Waals surface area contributed by atoms with Crippen molar-refractivity contribution >= 4 is 88.0 Å². The molecule has 0 radical (unpaired) electrons. The molecule has 0 fully saturated rings. The van der Waals surface area contributed by atoms with Crippen molar-refractivity contribution < 1.29 is 0 Å². The second kappa shape index (κ2) is 19.1. The maximum Gasteiger partial charge on any atom is 0.0569 e. The molecule has 0 atom stereocenters. The average molecular weight is 997 g/mol. The zero-order chi connectivity index (χ0) is 52.4. The van der Waals surface area contributed by atoms with Gasteiger partial charge in [0, 0.05) is 32.9 Å². The summed E-state index contributed by atoms with van der Waals surface area (Å²) in [5.41, 5.74) is 21.1. The lowest BCUT2D eigenvalue weighted by Crippen LogP contribution is -2.14. The van der Waals surface area contributed by atoms with Crippen molar-refractivity contribution in [1.29, 1.82) is 0 Å². The van der Waals surface area contributed by atoms with E-state index in [0.717, 1.165) is 22.7 Å². The fourth-order valence-corrected chi connectivity index (χ4v) is 12.3. The van der Waals surface area contributed by atoms with Gasteiger partial charge in [-0.05, 0) is 176 Å². The number of rotatable bonds is 10. The van der Waals surface area contributed by atoms with Crippen molar-refractivity contribution in [3.63, 3.8) is 0 Å². The molecule has 0 saturated heterocycles. The lowest BCUT2D eigenvalue weighted by Gasteiger charge is -2.32. The van der Waals surface area contributed by atoms with Crippen molar-refractivity contribution in [2.45, 2.75) is 27.7 Å². The highest BCUT2D eigenvalue weighted by molar-refractivity contribution is 6.28. The molecule has 0 aliphatic rings. The second-order valence-electron chi connectivity index (χ2n) is 21.2. The SMILES string of the molecule is Cc1ccc2ccc(C)c(N(c3cc(-c4ccccc4)cc(-c4ccccc4)c3)c3ccc4ccc5c(N(c6cc(-c7ccccc7)cc(-c7ccccc7)c6)c6c(C)ccc7ccc(C)cc67)ccc6ccc3c4c65)c2c1. The van der Waals surface area contributed by atoms with E-state index in [9.17, 15) is 0 Å². The van der Waals surface area contributed by atoms with Gasteiger partial charge >= 0.3 is 0 Å². The Hall–Kier alpha value is -9.76. The predicted molar refractivity (Wildman–Crippen MR) is 335 cm³/mol. The standard InChI is InChI=1S/C76H56N2/c1-49-25-29-57-31-27-51(3)75(69(57)41-49)77(65-45-61(53-17-9-5-10-18-53)43-62(46-65)54-19-11-6-12-20-54)71-39-35-59-34-38-68-72(40-36-60-33-37-67(71)73(59)74(60)68)78(76-52(4)28-32-58-30-26-50(2)42-70(58)76)66-47-63(55-21-13-7-14-22-55)44-64(48-66)56-23-15-8-16-24-56/h5-48H,1-4H3. The van der Waals surface area contributed by atoms with Crippen LogP contribution in [0, 0.1) is 27.7 Å². The van der Waals surface area contributed by atoms with Crippen molar-refractivity contribution in [2.24, 2.45) is 0 Å². The van der Waals surface area contributed by atoms with Gasteiger partial charge in [0.25, 0.3) is 0 Å². The number of anilines is 6. The summed E-state index contributed by atoms with van der Waals surface area (Å²) < 4.78 is 0. The van der Waals surface area contributed by atoms with E-state index < -0.39 is 0 Å². The highest BCUT2D eigenvalue weighted by Crippen LogP contribution is 2.52. The van der Waals surface area contributed by atoms with Gasteiger partial charge in [0.15, 0.2) is 0 Å². The number of benzene rings is 14. The molecular formula is C76H56N2. The molecule has 2 heteroatoms. The largest absolute Gasteiger partial charge is 0.309 e. The third-order valence-electron chi connectivity index (χ3n) is 16.0. The van der Waals surface area contributed by atoms with Gasteiger partial charge in [-0.25, -0.2) is 0 Å². The van der Waals surface area contributed by atoms with Crippen molar-refractivity contribution in [1.82, 2.24) is 0 Å². The molecule has 0 aliphatic carbocycles. The molecule has 0 aromatic heterocycles. The van der Waals surface area contributed by atoms with Gasteiger partial charge in [-0.1, -0.05) is 217 Å². The van der Waals surface area contributed by atoms with E-state index in [0.29, 0.717) is 0 Å². The van der Waals surface area contributed by atoms with Gasteiger partial charge < -0.3 is 9.80 Å². The zero-order valence-corrected chi connectivity index (χ0v) is 44.3. The van der Waals surface area contributed by atoms with E-state index in [1.165, 1.54) is 132 Å². The van der Waals surface area contributed by atoms with Crippen LogP contribution in [0.4, 0.5) is 34.1 Å². The van der Waals surface area contributed by atoms with Gasteiger partial charge in [0.2, 0.25) is 0 Å². The van der Waals surface area contributed by atoms with Crippen LogP contribution in [-0.4, -0.2) is 0 Å². The maximum absolute atomic E-state index is 2.57. The van der Waals surface area contributed by atoms with Crippen LogP contribution >= 0.6 is 0 Å². The molecule has 0 bridgehead atoms. The third-order valence-corrected chi connectivity index (χ3v) is 16.0. The first-order chi connectivity index (χ1) is 38.3. The molecule has 0 spiro atoms. The van der Waals surface area contributed by atoms with Gasteiger partial charge in [-0.3, -0.25) is 0 Å². The first-order valence-corrected chi connectivity index (χ1v) is 27.1. The zero-order valence-electron chi connectivity index (χ0n) is 44.3. The first kappa shape index (κ1) is 46.7. The minimum absolute atomic E-state index is 1.10. The predicted octanol–water partition coefficient (Wildman–Crippen LogP) is 21.7. The quantitative estimate of drug-likeness (QED) is 0.126. The molecule has 2 nitrogen and oxygen atoms in total. The van der Waals surface area contributed by atoms with Crippen molar-refractivity contribution in [3.05, 3.63) is 289 Å². The molecule has 0 unspecified atom stereocenters. The summed E-state index contributed by atoms with van der Waals surface area (Å²) in [5.74, 6) is 0. The van der Waals surface area contributed by atoms with Crippen molar-refractivity contribution in [3.8, 4) is 44.5 Å². The molecule has 78 heavy (non-hydrogen) atoms. The summed E-state index contributed by atoms with van der Waals surface area (Å²) in [7, 11) is 0. The number of aryl methyl sites for hydroxylation is 4. The molecule has 370 valence electrons. The monoisotopic (exact) mass is 996 g/mol. The molecule has 0 amide bonds. The van der Waals surface area contributed by atoms with E-state index in [1.54, 1.807) is 0 Å². The lowest BCUT2D eigenvalue weighted by molar-refractivity contribution is 1.28. The third kappa shape index (κ3) is 8.13. The molecule has 0 saturated carbocycles. The maximum atomic E-state index is 2.57. The Bertz CT molecular complexity index is 4160. The number of hydrogen-bond donors (Lipinski definition) is 0. The van der Waals surface area contributed by atoms with E-state index in [4.69, 9.17) is 0 Å². The van der Waals surface area contributed by atoms with E-state index in [-0.39, 0.29) is 0 Å². The Labute approximate surface area is 456 Å². The topological polar surface area (TPSA) is 6.48 Å². The molecule has 0 heterocycles. The molecule has 0 aliphatic heterocycles. The van der Waals surface area contributed by atoms with Gasteiger partial charge in [0.05, 0.1) is 22.7 Å². The summed E-state index contributed by atoms with van der Waals surface area (Å²) in [4.78, 5) is 5.13. The van der Waals surface area contributed by atoms with Gasteiger partial charge in [-0.2, -0.15) is 0 Å². The minimum atomic E-state index is 1.10. The number of hydrogen-bond acceptors (Lipinski definition) is 2. The normalized spacial score (nSPS) is 11.6. The van der Waals surface area contributed by atoms with Gasteiger partial charge in [-0.15, -0.1) is 0 Å². The Morgan fingerprint density at radius 1 is 0.231 bits per heavy atom. The first-order valence-electron chi connectivity index (χ1n) is 27.1. The molecule has 14 aromatic rings. The summed E-state index contributed by atoms with van der Waals surface area (Å²) >= 11 is 0. The van der Waals surface area contributed by atoms with Crippen LogP contribution in [-0.2, 0) is 0 Å². The van der Waals surface area contributed by atoms with Crippen LogP contribution in [0.2, 0.25) is 0 Å².